The quantitative estimate of drug-likeness (QED) is 0.701. The number of aromatic nitrogens is 1. The van der Waals surface area contributed by atoms with Gasteiger partial charge in [0.2, 0.25) is 7.37 Å². The molecule has 0 amide bonds. The van der Waals surface area contributed by atoms with Gasteiger partial charge in [-0.15, -0.1) is 0 Å². The van der Waals surface area contributed by atoms with E-state index >= 15 is 0 Å². The maximum Gasteiger partial charge on any atom is 0.202 e. The second-order valence-corrected chi connectivity index (χ2v) is 6.50. The summed E-state index contributed by atoms with van der Waals surface area (Å²) >= 11 is 0. The lowest BCUT2D eigenvalue weighted by Gasteiger charge is -2.14. The lowest BCUT2D eigenvalue weighted by molar-refractivity contribution is 0.317. The van der Waals surface area contributed by atoms with Crippen LogP contribution < -0.4 is 0 Å². The molecular formula is C11H18NO2P. The summed E-state index contributed by atoms with van der Waals surface area (Å²) in [5.74, 6) is 0. The topological polar surface area (TPSA) is 39.2 Å². The average molecular weight is 227 g/mol. The molecule has 1 heterocycles. The van der Waals surface area contributed by atoms with Crippen molar-refractivity contribution in [1.82, 2.24) is 4.98 Å². The van der Waals surface area contributed by atoms with Crippen LogP contribution in [0, 0.1) is 0 Å². The normalized spacial score (nSPS) is 11.6. The van der Waals surface area contributed by atoms with Crippen LogP contribution >= 0.6 is 7.37 Å². The summed E-state index contributed by atoms with van der Waals surface area (Å²) in [5.41, 5.74) is 0.983. The predicted octanol–water partition coefficient (Wildman–Crippen LogP) is 2.96. The van der Waals surface area contributed by atoms with E-state index in [9.17, 15) is 4.57 Å². The fourth-order valence-corrected chi connectivity index (χ4v) is 2.51. The highest BCUT2D eigenvalue weighted by atomic mass is 31.2. The van der Waals surface area contributed by atoms with Crippen LogP contribution in [0.15, 0.2) is 24.4 Å². The van der Waals surface area contributed by atoms with Crippen molar-refractivity contribution in [2.75, 3.05) is 18.9 Å². The van der Waals surface area contributed by atoms with Crippen molar-refractivity contribution in [1.29, 1.82) is 0 Å². The maximum absolute atomic E-state index is 11.9. The molecule has 0 saturated carbocycles. The molecule has 0 aliphatic carbocycles. The molecule has 84 valence electrons. The third kappa shape index (κ3) is 4.15. The lowest BCUT2D eigenvalue weighted by Crippen LogP contribution is -2.01. The molecule has 0 aromatic carbocycles. The Bertz CT molecular complexity index is 319. The highest BCUT2D eigenvalue weighted by Crippen LogP contribution is 2.45. The van der Waals surface area contributed by atoms with Crippen LogP contribution in [0.4, 0.5) is 0 Å². The van der Waals surface area contributed by atoms with Crippen molar-refractivity contribution in [2.45, 2.75) is 20.3 Å². The molecule has 0 unspecified atom stereocenters. The van der Waals surface area contributed by atoms with Crippen molar-refractivity contribution < 1.29 is 9.09 Å². The molecule has 0 atom stereocenters. The number of hydrogen-bond donors (Lipinski definition) is 0. The molecule has 15 heavy (non-hydrogen) atoms. The summed E-state index contributed by atoms with van der Waals surface area (Å²) in [7, 11) is -2.35. The smallest absolute Gasteiger partial charge is 0.202 e. The van der Waals surface area contributed by atoms with E-state index in [4.69, 9.17) is 4.52 Å². The average Bonchev–Trinajstić information content (AvgIpc) is 2.30. The fourth-order valence-electron chi connectivity index (χ4n) is 1.27. The van der Waals surface area contributed by atoms with Gasteiger partial charge in [-0.3, -0.25) is 9.55 Å². The van der Waals surface area contributed by atoms with Crippen LogP contribution in [0.25, 0.3) is 0 Å². The van der Waals surface area contributed by atoms with Gasteiger partial charge in [0.1, 0.15) is 0 Å². The van der Waals surface area contributed by atoms with Gasteiger partial charge in [0.15, 0.2) is 0 Å². The Kier molecular flexibility index (Phi) is 5.00. The third-order valence-corrected chi connectivity index (χ3v) is 4.95. The van der Waals surface area contributed by atoms with Crippen LogP contribution in [-0.2, 0) is 15.5 Å². The van der Waals surface area contributed by atoms with Gasteiger partial charge in [-0.1, -0.05) is 19.9 Å². The first-order chi connectivity index (χ1) is 7.20. The van der Waals surface area contributed by atoms with Crippen molar-refractivity contribution in [3.05, 3.63) is 30.1 Å². The molecule has 1 aromatic heterocycles. The minimum absolute atomic E-state index is 0.496. The van der Waals surface area contributed by atoms with Crippen LogP contribution in [-0.4, -0.2) is 23.9 Å². The molecular weight excluding hydrogens is 209 g/mol. The Balaban J connectivity index is 2.36. The zero-order valence-corrected chi connectivity index (χ0v) is 10.2. The Hall–Kier alpha value is -0.660. The zero-order chi connectivity index (χ0) is 11.1. The first-order valence-corrected chi connectivity index (χ1v) is 7.32. The number of hydrogen-bond acceptors (Lipinski definition) is 3. The molecule has 0 N–H and O–H groups in total. The second kappa shape index (κ2) is 6.04. The highest BCUT2D eigenvalue weighted by molar-refractivity contribution is 7.58. The van der Waals surface area contributed by atoms with E-state index in [1.807, 2.05) is 32.0 Å². The number of pyridine rings is 1. The SMILES string of the molecule is CCP(=O)(CC)OCCc1ccccn1. The van der Waals surface area contributed by atoms with Gasteiger partial charge >= 0.3 is 0 Å². The first-order valence-electron chi connectivity index (χ1n) is 5.32. The third-order valence-electron chi connectivity index (χ3n) is 2.37. The standard InChI is InChI=1S/C11H18NO2P/c1-3-15(13,4-2)14-10-8-11-7-5-6-9-12-11/h5-7,9H,3-4,8,10H2,1-2H3. The molecule has 0 aliphatic rings. The van der Waals surface area contributed by atoms with Gasteiger partial charge < -0.3 is 4.52 Å². The molecule has 3 nitrogen and oxygen atoms in total. The first kappa shape index (κ1) is 12.4. The molecule has 0 spiro atoms. The molecule has 0 fully saturated rings. The molecule has 0 radical (unpaired) electrons. The molecule has 0 aliphatic heterocycles. The number of rotatable bonds is 6. The highest BCUT2D eigenvalue weighted by Gasteiger charge is 2.16. The van der Waals surface area contributed by atoms with E-state index in [0.717, 1.165) is 12.1 Å². The second-order valence-electron chi connectivity index (χ2n) is 3.35. The summed E-state index contributed by atoms with van der Waals surface area (Å²) in [5, 5.41) is 0. The van der Waals surface area contributed by atoms with Crippen LogP contribution in [0.5, 0.6) is 0 Å². The molecule has 0 saturated heterocycles. The molecule has 4 heteroatoms. The largest absolute Gasteiger partial charge is 0.328 e. The van der Waals surface area contributed by atoms with Crippen molar-refractivity contribution >= 4 is 7.37 Å². The van der Waals surface area contributed by atoms with E-state index in [1.54, 1.807) is 6.20 Å². The molecule has 0 bridgehead atoms. The lowest BCUT2D eigenvalue weighted by atomic mass is 10.3. The van der Waals surface area contributed by atoms with Crippen molar-refractivity contribution in [3.8, 4) is 0 Å². The van der Waals surface area contributed by atoms with Gasteiger partial charge in [-0.2, -0.15) is 0 Å². The van der Waals surface area contributed by atoms with Crippen LogP contribution in [0.2, 0.25) is 0 Å². The van der Waals surface area contributed by atoms with Crippen molar-refractivity contribution in [2.24, 2.45) is 0 Å². The summed E-state index contributed by atoms with van der Waals surface area (Å²) in [6.45, 7) is 4.31. The van der Waals surface area contributed by atoms with E-state index in [0.29, 0.717) is 18.9 Å². The van der Waals surface area contributed by atoms with Gasteiger partial charge in [0, 0.05) is 30.6 Å². The Morgan fingerprint density at radius 1 is 1.33 bits per heavy atom. The van der Waals surface area contributed by atoms with Gasteiger partial charge in [0.05, 0.1) is 6.61 Å². The van der Waals surface area contributed by atoms with Gasteiger partial charge in [-0.25, -0.2) is 0 Å². The fraction of sp³-hybridized carbons (Fsp3) is 0.545. The minimum atomic E-state index is -2.35. The number of nitrogens with zero attached hydrogens (tertiary/aromatic N) is 1. The Morgan fingerprint density at radius 3 is 2.60 bits per heavy atom. The van der Waals surface area contributed by atoms with Crippen molar-refractivity contribution in [3.63, 3.8) is 0 Å². The van der Waals surface area contributed by atoms with Crippen LogP contribution in [0.1, 0.15) is 19.5 Å². The molecule has 1 rings (SSSR count). The maximum atomic E-state index is 11.9. The summed E-state index contributed by atoms with van der Waals surface area (Å²) in [4.78, 5) is 4.18. The Labute approximate surface area is 91.3 Å². The zero-order valence-electron chi connectivity index (χ0n) is 9.35. The predicted molar refractivity (Wildman–Crippen MR) is 62.6 cm³/mol. The van der Waals surface area contributed by atoms with E-state index in [2.05, 4.69) is 4.98 Å². The van der Waals surface area contributed by atoms with Crippen LogP contribution in [0.3, 0.4) is 0 Å². The summed E-state index contributed by atoms with van der Waals surface area (Å²) < 4.78 is 17.3. The Morgan fingerprint density at radius 2 is 2.07 bits per heavy atom. The van der Waals surface area contributed by atoms with E-state index in [-0.39, 0.29) is 0 Å². The molecule has 1 aromatic rings. The monoisotopic (exact) mass is 227 g/mol. The van der Waals surface area contributed by atoms with Gasteiger partial charge in [-0.05, 0) is 12.1 Å². The van der Waals surface area contributed by atoms with E-state index < -0.39 is 7.37 Å². The van der Waals surface area contributed by atoms with Gasteiger partial charge in [0.25, 0.3) is 0 Å². The summed E-state index contributed by atoms with van der Waals surface area (Å²) in [6, 6.07) is 5.78. The summed E-state index contributed by atoms with van der Waals surface area (Å²) in [6.07, 6.45) is 3.72. The van der Waals surface area contributed by atoms with E-state index in [1.165, 1.54) is 0 Å². The minimum Gasteiger partial charge on any atom is -0.328 e.